The third-order valence-corrected chi connectivity index (χ3v) is 5.05. The Labute approximate surface area is 187 Å². The van der Waals surface area contributed by atoms with Crippen molar-refractivity contribution >= 4 is 12.0 Å². The average molecular weight is 419 g/mol. The van der Waals surface area contributed by atoms with Crippen LogP contribution < -0.4 is 5.32 Å². The van der Waals surface area contributed by atoms with E-state index in [0.717, 1.165) is 22.4 Å². The number of carbonyl (C=O) groups excluding carboxylic acids is 1. The zero-order valence-corrected chi connectivity index (χ0v) is 17.7. The van der Waals surface area contributed by atoms with E-state index in [1.54, 1.807) is 10.8 Å². The highest BCUT2D eigenvalue weighted by Gasteiger charge is 2.15. The normalized spacial score (nSPS) is 11.1. The molecule has 5 heteroatoms. The number of rotatable bonds is 6. The molecule has 156 valence electrons. The number of benzene rings is 3. The maximum atomic E-state index is 12.7. The molecule has 1 aromatic heterocycles. The van der Waals surface area contributed by atoms with Gasteiger partial charge in [-0.25, -0.2) is 4.68 Å². The number of nitrogens with zero attached hydrogens (tertiary/aromatic N) is 3. The monoisotopic (exact) mass is 418 g/mol. The molecule has 0 unspecified atom stereocenters. The van der Waals surface area contributed by atoms with E-state index in [2.05, 4.69) is 5.32 Å². The number of nitriles is 1. The minimum Gasteiger partial charge on any atom is -0.347 e. The summed E-state index contributed by atoms with van der Waals surface area (Å²) in [5.41, 5.74) is 5.36. The van der Waals surface area contributed by atoms with Crippen LogP contribution in [0.25, 0.3) is 23.0 Å². The van der Waals surface area contributed by atoms with Crippen LogP contribution in [0.5, 0.6) is 0 Å². The molecular weight excluding hydrogens is 396 g/mol. The molecule has 32 heavy (non-hydrogen) atoms. The minimum atomic E-state index is -0.417. The molecule has 0 radical (unpaired) electrons. The molecular formula is C27H22N4O. The van der Waals surface area contributed by atoms with Crippen molar-refractivity contribution < 1.29 is 4.79 Å². The van der Waals surface area contributed by atoms with Crippen LogP contribution in [-0.2, 0) is 11.3 Å². The fourth-order valence-electron chi connectivity index (χ4n) is 3.31. The first-order valence-corrected chi connectivity index (χ1v) is 10.3. The smallest absolute Gasteiger partial charge is 0.262 e. The van der Waals surface area contributed by atoms with Crippen molar-refractivity contribution in [3.63, 3.8) is 0 Å². The Hall–Kier alpha value is -4.43. The van der Waals surface area contributed by atoms with Gasteiger partial charge in [-0.05, 0) is 30.7 Å². The Kier molecular flexibility index (Phi) is 6.24. The summed E-state index contributed by atoms with van der Waals surface area (Å²) >= 11 is 0. The van der Waals surface area contributed by atoms with Crippen molar-refractivity contribution in [1.29, 1.82) is 5.26 Å². The molecule has 5 nitrogen and oxygen atoms in total. The van der Waals surface area contributed by atoms with E-state index in [0.29, 0.717) is 17.8 Å². The van der Waals surface area contributed by atoms with E-state index in [1.807, 2.05) is 104 Å². The highest BCUT2D eigenvalue weighted by Crippen LogP contribution is 2.25. The molecule has 1 heterocycles. The van der Waals surface area contributed by atoms with E-state index >= 15 is 0 Å². The van der Waals surface area contributed by atoms with Gasteiger partial charge in [0.2, 0.25) is 0 Å². The standard InChI is InChI=1S/C27H22N4O/c1-20-12-14-21(15-13-20)18-29-27(32)23(17-28)16-24-19-31(25-10-6-3-7-11-25)30-26(24)22-8-4-2-5-9-22/h2-16,19H,18H2,1H3,(H,29,32). The van der Waals surface area contributed by atoms with Gasteiger partial charge in [-0.2, -0.15) is 10.4 Å². The number of carbonyl (C=O) groups is 1. The second-order valence-corrected chi connectivity index (χ2v) is 7.42. The zero-order valence-electron chi connectivity index (χ0n) is 17.7. The summed E-state index contributed by atoms with van der Waals surface area (Å²) in [6, 6.07) is 29.4. The molecule has 4 rings (SSSR count). The maximum Gasteiger partial charge on any atom is 0.262 e. The van der Waals surface area contributed by atoms with Gasteiger partial charge in [-0.1, -0.05) is 78.4 Å². The first kappa shape index (κ1) is 20.8. The summed E-state index contributed by atoms with van der Waals surface area (Å²) < 4.78 is 1.76. The van der Waals surface area contributed by atoms with Crippen LogP contribution in [0.15, 0.2) is 96.7 Å². The molecule has 0 bridgehead atoms. The maximum absolute atomic E-state index is 12.7. The second kappa shape index (κ2) is 9.59. The number of hydrogen-bond acceptors (Lipinski definition) is 3. The Bertz CT molecular complexity index is 1280. The van der Waals surface area contributed by atoms with Crippen molar-refractivity contribution in [2.24, 2.45) is 0 Å². The average Bonchev–Trinajstić information content (AvgIpc) is 3.27. The summed E-state index contributed by atoms with van der Waals surface area (Å²) in [5, 5.41) is 17.2. The van der Waals surface area contributed by atoms with Gasteiger partial charge in [0.1, 0.15) is 11.6 Å². The summed E-state index contributed by atoms with van der Waals surface area (Å²) in [6.07, 6.45) is 3.43. The number of aryl methyl sites for hydroxylation is 1. The minimum absolute atomic E-state index is 0.0295. The van der Waals surface area contributed by atoms with Crippen molar-refractivity contribution in [3.8, 4) is 23.0 Å². The van der Waals surface area contributed by atoms with Crippen molar-refractivity contribution in [2.45, 2.75) is 13.5 Å². The molecule has 0 saturated carbocycles. The van der Waals surface area contributed by atoms with Gasteiger partial charge in [0.05, 0.1) is 11.4 Å². The molecule has 0 spiro atoms. The number of para-hydroxylation sites is 1. The molecule has 0 aliphatic carbocycles. The first-order chi connectivity index (χ1) is 15.6. The van der Waals surface area contributed by atoms with Crippen molar-refractivity contribution in [1.82, 2.24) is 15.1 Å². The number of hydrogen-bond donors (Lipinski definition) is 1. The highest BCUT2D eigenvalue weighted by molar-refractivity contribution is 6.02. The molecule has 0 atom stereocenters. The summed E-state index contributed by atoms with van der Waals surface area (Å²) in [7, 11) is 0. The molecule has 4 aromatic rings. The van der Waals surface area contributed by atoms with Crippen LogP contribution in [0.4, 0.5) is 0 Å². The van der Waals surface area contributed by atoms with Crippen LogP contribution in [0, 0.1) is 18.3 Å². The fraction of sp³-hybridized carbons (Fsp3) is 0.0741. The van der Waals surface area contributed by atoms with Crippen molar-refractivity contribution in [2.75, 3.05) is 0 Å². The second-order valence-electron chi connectivity index (χ2n) is 7.42. The topological polar surface area (TPSA) is 70.7 Å². The largest absolute Gasteiger partial charge is 0.347 e. The molecule has 1 amide bonds. The van der Waals surface area contributed by atoms with Crippen LogP contribution >= 0.6 is 0 Å². The number of amides is 1. The molecule has 1 N–H and O–H groups in total. The van der Waals surface area contributed by atoms with Crippen molar-refractivity contribution in [3.05, 3.63) is 113 Å². The molecule has 0 saturated heterocycles. The number of aromatic nitrogens is 2. The quantitative estimate of drug-likeness (QED) is 0.351. The first-order valence-electron chi connectivity index (χ1n) is 10.3. The Balaban J connectivity index is 1.65. The molecule has 0 aliphatic rings. The molecule has 3 aromatic carbocycles. The van der Waals surface area contributed by atoms with E-state index < -0.39 is 5.91 Å². The van der Waals surface area contributed by atoms with Crippen LogP contribution in [0.1, 0.15) is 16.7 Å². The van der Waals surface area contributed by atoms with E-state index in [4.69, 9.17) is 5.10 Å². The van der Waals surface area contributed by atoms with E-state index in [9.17, 15) is 10.1 Å². The summed E-state index contributed by atoms with van der Waals surface area (Å²) in [4.78, 5) is 12.7. The van der Waals surface area contributed by atoms with Gasteiger partial charge in [0, 0.05) is 23.9 Å². The van der Waals surface area contributed by atoms with E-state index in [-0.39, 0.29) is 5.57 Å². The van der Waals surface area contributed by atoms with Gasteiger partial charge >= 0.3 is 0 Å². The Morgan fingerprint density at radius 3 is 2.31 bits per heavy atom. The Morgan fingerprint density at radius 2 is 1.66 bits per heavy atom. The molecule has 0 fully saturated rings. The molecule has 0 aliphatic heterocycles. The third kappa shape index (κ3) is 4.82. The number of nitrogens with one attached hydrogen (secondary N) is 1. The van der Waals surface area contributed by atoms with Gasteiger partial charge in [0.15, 0.2) is 0 Å². The predicted molar refractivity (Wildman–Crippen MR) is 126 cm³/mol. The van der Waals surface area contributed by atoms with Gasteiger partial charge in [0.25, 0.3) is 5.91 Å². The third-order valence-electron chi connectivity index (χ3n) is 5.05. The lowest BCUT2D eigenvalue weighted by molar-refractivity contribution is -0.117. The van der Waals surface area contributed by atoms with Crippen LogP contribution in [0.2, 0.25) is 0 Å². The van der Waals surface area contributed by atoms with Crippen LogP contribution in [-0.4, -0.2) is 15.7 Å². The highest BCUT2D eigenvalue weighted by atomic mass is 16.1. The lowest BCUT2D eigenvalue weighted by Crippen LogP contribution is -2.23. The SMILES string of the molecule is Cc1ccc(CNC(=O)C(C#N)=Cc2cn(-c3ccccc3)nc2-c2ccccc2)cc1. The van der Waals surface area contributed by atoms with Gasteiger partial charge < -0.3 is 5.32 Å². The Morgan fingerprint density at radius 1 is 1.00 bits per heavy atom. The summed E-state index contributed by atoms with van der Waals surface area (Å²) in [5.74, 6) is -0.417. The predicted octanol–water partition coefficient (Wildman–Crippen LogP) is 5.07. The lowest BCUT2D eigenvalue weighted by atomic mass is 10.1. The van der Waals surface area contributed by atoms with Crippen LogP contribution in [0.3, 0.4) is 0 Å². The van der Waals surface area contributed by atoms with Gasteiger partial charge in [-0.3, -0.25) is 4.79 Å². The van der Waals surface area contributed by atoms with E-state index in [1.165, 1.54) is 0 Å². The lowest BCUT2D eigenvalue weighted by Gasteiger charge is -2.05. The zero-order chi connectivity index (χ0) is 22.3. The summed E-state index contributed by atoms with van der Waals surface area (Å²) in [6.45, 7) is 2.37. The fourth-order valence-corrected chi connectivity index (χ4v) is 3.31. The van der Waals surface area contributed by atoms with Gasteiger partial charge in [-0.15, -0.1) is 0 Å².